The average Bonchev–Trinajstić information content (AvgIpc) is 1.99. The lowest BCUT2D eigenvalue weighted by molar-refractivity contribution is -0.132. The molecule has 0 N–H and O–H groups in total. The first kappa shape index (κ1) is 10.9. The van der Waals surface area contributed by atoms with Crippen LogP contribution in [0, 0.1) is 0 Å². The van der Waals surface area contributed by atoms with Crippen LogP contribution < -0.4 is 0 Å². The van der Waals surface area contributed by atoms with E-state index >= 15 is 0 Å². The van der Waals surface area contributed by atoms with Crippen molar-refractivity contribution < 1.29 is 8.62 Å². The van der Waals surface area contributed by atoms with Crippen LogP contribution in [0.3, 0.4) is 0 Å². The van der Waals surface area contributed by atoms with Gasteiger partial charge in [0.25, 0.3) is 0 Å². The molecule has 0 rings (SSSR count). The Balaban J connectivity index is 3.26. The zero-order valence-electron chi connectivity index (χ0n) is 5.15. The molecular weight excluding hydrogens is 332 g/mol. The molecule has 0 aliphatic heterocycles. The summed E-state index contributed by atoms with van der Waals surface area (Å²) in [5.74, 6) is -0.231. The van der Waals surface area contributed by atoms with Gasteiger partial charge in [-0.15, -0.1) is 0 Å². The molecule has 0 fully saturated rings. The van der Waals surface area contributed by atoms with Gasteiger partial charge in [0.1, 0.15) is 0 Å². The van der Waals surface area contributed by atoms with Gasteiger partial charge in [0.15, 0.2) is 16.3 Å². The molecule has 0 bridgehead atoms. The third-order valence-corrected chi connectivity index (χ3v) is 3.71. The second-order valence-corrected chi connectivity index (χ2v) is 4.01. The first-order valence-corrected chi connectivity index (χ1v) is 5.40. The van der Waals surface area contributed by atoms with Gasteiger partial charge in [0.05, 0.1) is 0 Å². The molecule has 0 aromatic heterocycles. The quantitative estimate of drug-likeness (QED) is 0.737. The zero-order valence-corrected chi connectivity index (χ0v) is 9.91. The molecule has 0 heterocycles. The Morgan fingerprint density at radius 3 is 2.60 bits per heavy atom. The maximum absolute atomic E-state index is 10.5. The maximum Gasteiger partial charge on any atom is 0.317 e. The van der Waals surface area contributed by atoms with Crippen LogP contribution in [0.5, 0.6) is 0 Å². The highest BCUT2D eigenvalue weighted by molar-refractivity contribution is 9.12. The molecule has 5 heteroatoms. The van der Waals surface area contributed by atoms with Gasteiger partial charge in [-0.3, -0.25) is 4.79 Å². The summed E-state index contributed by atoms with van der Waals surface area (Å²) < 4.78 is 4.28. The van der Waals surface area contributed by atoms with Crippen LogP contribution in [0.15, 0.2) is 0 Å². The largest absolute Gasteiger partial charge is 0.384 e. The molecule has 0 spiro atoms. The van der Waals surface area contributed by atoms with E-state index in [0.717, 1.165) is 11.8 Å². The monoisotopic (exact) mass is 336 g/mol. The Morgan fingerprint density at radius 2 is 2.20 bits per heavy atom. The van der Waals surface area contributed by atoms with E-state index in [9.17, 15) is 4.79 Å². The van der Waals surface area contributed by atoms with Gasteiger partial charge in [-0.2, -0.15) is 0 Å². The van der Waals surface area contributed by atoms with E-state index < -0.39 is 0 Å². The van der Waals surface area contributed by atoms with E-state index in [1.807, 2.05) is 0 Å². The highest BCUT2D eigenvalue weighted by atomic mass is 79.9. The van der Waals surface area contributed by atoms with E-state index in [0.29, 0.717) is 11.2 Å². The van der Waals surface area contributed by atoms with E-state index in [1.165, 1.54) is 0 Å². The van der Waals surface area contributed by atoms with Gasteiger partial charge in [0.2, 0.25) is 0 Å². The summed E-state index contributed by atoms with van der Waals surface area (Å²) in [6, 6.07) is 0. The minimum absolute atomic E-state index is 0.231. The van der Waals surface area contributed by atoms with Crippen LogP contribution in [0.1, 0.15) is 12.8 Å². The summed E-state index contributed by atoms with van der Waals surface area (Å²) in [5.41, 5.74) is 0. The van der Waals surface area contributed by atoms with Crippen molar-refractivity contribution in [3.63, 3.8) is 0 Å². The number of halogens is 3. The SMILES string of the molecule is O=C(CCC(Br)CBr)OBr. The Labute approximate surface area is 85.4 Å². The molecule has 10 heavy (non-hydrogen) atoms. The fourth-order valence-corrected chi connectivity index (χ4v) is 1.10. The standard InChI is InChI=1S/C5H7Br3O2/c6-3-4(7)1-2-5(9)10-8/h4H,1-3H2. The van der Waals surface area contributed by atoms with Gasteiger partial charge in [-0.1, -0.05) is 31.9 Å². The Kier molecular flexibility index (Phi) is 7.21. The molecule has 0 aromatic rings. The lowest BCUT2D eigenvalue weighted by Crippen LogP contribution is -2.04. The summed E-state index contributed by atoms with van der Waals surface area (Å²) in [5, 5.41) is 0.850. The van der Waals surface area contributed by atoms with Crippen molar-refractivity contribution in [1.29, 1.82) is 0 Å². The van der Waals surface area contributed by atoms with Crippen molar-refractivity contribution in [3.8, 4) is 0 Å². The Hall–Kier alpha value is 0.910. The van der Waals surface area contributed by atoms with Crippen LogP contribution in [0.4, 0.5) is 0 Å². The smallest absolute Gasteiger partial charge is 0.317 e. The Bertz CT molecular complexity index is 107. The normalized spacial score (nSPS) is 12.7. The number of hydrogen-bond donors (Lipinski definition) is 0. The van der Waals surface area contributed by atoms with Crippen molar-refractivity contribution in [2.75, 3.05) is 5.33 Å². The van der Waals surface area contributed by atoms with Gasteiger partial charge in [0, 0.05) is 16.6 Å². The number of hydrogen-bond acceptors (Lipinski definition) is 2. The first-order chi connectivity index (χ1) is 4.70. The van der Waals surface area contributed by atoms with Gasteiger partial charge < -0.3 is 3.83 Å². The molecule has 0 saturated carbocycles. The third kappa shape index (κ3) is 5.68. The topological polar surface area (TPSA) is 26.3 Å². The van der Waals surface area contributed by atoms with Crippen LogP contribution in [-0.4, -0.2) is 16.1 Å². The molecular formula is C5H7Br3O2. The molecule has 2 nitrogen and oxygen atoms in total. The lowest BCUT2D eigenvalue weighted by atomic mass is 10.2. The van der Waals surface area contributed by atoms with Gasteiger partial charge >= 0.3 is 5.97 Å². The summed E-state index contributed by atoms with van der Waals surface area (Å²) in [6.07, 6.45) is 1.22. The zero-order chi connectivity index (χ0) is 7.98. The number of carbonyl (C=O) groups excluding carboxylic acids is 1. The van der Waals surface area contributed by atoms with Crippen LogP contribution in [0.25, 0.3) is 0 Å². The van der Waals surface area contributed by atoms with Crippen molar-refractivity contribution in [1.82, 2.24) is 0 Å². The van der Waals surface area contributed by atoms with Gasteiger partial charge in [-0.25, -0.2) is 0 Å². The predicted molar refractivity (Wildman–Crippen MR) is 50.8 cm³/mol. The molecule has 1 atom stereocenters. The minimum atomic E-state index is -0.231. The van der Waals surface area contributed by atoms with Crippen LogP contribution in [0.2, 0.25) is 0 Å². The second kappa shape index (κ2) is 6.61. The molecule has 0 aliphatic rings. The number of carbonyl (C=O) groups is 1. The van der Waals surface area contributed by atoms with E-state index in [-0.39, 0.29) is 5.97 Å². The highest BCUT2D eigenvalue weighted by Crippen LogP contribution is 2.11. The fraction of sp³-hybridized carbons (Fsp3) is 0.800. The summed E-state index contributed by atoms with van der Waals surface area (Å²) in [4.78, 5) is 10.9. The lowest BCUT2D eigenvalue weighted by Gasteiger charge is -2.01. The highest BCUT2D eigenvalue weighted by Gasteiger charge is 2.06. The first-order valence-electron chi connectivity index (χ1n) is 2.72. The number of rotatable bonds is 4. The molecule has 1 unspecified atom stereocenters. The van der Waals surface area contributed by atoms with Crippen molar-refractivity contribution in [2.24, 2.45) is 0 Å². The summed E-state index contributed by atoms with van der Waals surface area (Å²) in [7, 11) is 0. The van der Waals surface area contributed by atoms with E-state index in [2.05, 4.69) is 51.9 Å². The molecule has 60 valence electrons. The maximum atomic E-state index is 10.5. The Morgan fingerprint density at radius 1 is 1.60 bits per heavy atom. The van der Waals surface area contributed by atoms with E-state index in [1.54, 1.807) is 0 Å². The fourth-order valence-electron chi connectivity index (χ4n) is 0.390. The van der Waals surface area contributed by atoms with Gasteiger partial charge in [-0.05, 0) is 6.42 Å². The summed E-state index contributed by atoms with van der Waals surface area (Å²) >= 11 is 9.25. The second-order valence-electron chi connectivity index (χ2n) is 1.74. The third-order valence-electron chi connectivity index (χ3n) is 0.915. The van der Waals surface area contributed by atoms with Crippen molar-refractivity contribution in [3.05, 3.63) is 0 Å². The molecule has 0 saturated heterocycles. The molecule has 0 aliphatic carbocycles. The van der Waals surface area contributed by atoms with Crippen LogP contribution >= 0.6 is 48.1 Å². The van der Waals surface area contributed by atoms with Crippen LogP contribution in [-0.2, 0) is 8.62 Å². The number of alkyl halides is 2. The molecule has 0 aromatic carbocycles. The summed E-state index contributed by atoms with van der Waals surface area (Å²) in [6.45, 7) is 0. The predicted octanol–water partition coefficient (Wildman–Crippen LogP) is 2.78. The molecule has 0 radical (unpaired) electrons. The van der Waals surface area contributed by atoms with Crippen molar-refractivity contribution >= 4 is 54.1 Å². The van der Waals surface area contributed by atoms with Crippen molar-refractivity contribution in [2.45, 2.75) is 17.7 Å². The van der Waals surface area contributed by atoms with E-state index in [4.69, 9.17) is 0 Å². The minimum Gasteiger partial charge on any atom is -0.384 e. The average molecular weight is 339 g/mol. The molecule has 0 amide bonds.